The molecule has 4 rings (SSSR count). The van der Waals surface area contributed by atoms with Crippen molar-refractivity contribution in [1.29, 1.82) is 0 Å². The number of thiophene rings is 1. The highest BCUT2D eigenvalue weighted by atomic mass is 32.2. The summed E-state index contributed by atoms with van der Waals surface area (Å²) in [6.07, 6.45) is 1.17. The molecule has 1 aromatic heterocycles. The molecular formula is C24H31N3O6S2. The summed E-state index contributed by atoms with van der Waals surface area (Å²) in [5, 5.41) is 14.4. The smallest absolute Gasteiger partial charge is 0.258 e. The Hall–Kier alpha value is -2.47. The van der Waals surface area contributed by atoms with Gasteiger partial charge < -0.3 is 20.1 Å². The number of benzene rings is 1. The van der Waals surface area contributed by atoms with Crippen molar-refractivity contribution in [3.63, 3.8) is 0 Å². The fraction of sp³-hybridized carbons (Fsp3) is 0.500. The molecule has 1 fully saturated rings. The van der Waals surface area contributed by atoms with Crippen LogP contribution in [-0.4, -0.2) is 73.4 Å². The van der Waals surface area contributed by atoms with Crippen molar-refractivity contribution >= 4 is 38.9 Å². The molecule has 190 valence electrons. The Kier molecular flexibility index (Phi) is 7.51. The van der Waals surface area contributed by atoms with Gasteiger partial charge in [-0.1, -0.05) is 13.0 Å². The molecule has 0 saturated heterocycles. The number of amides is 2. The first kappa shape index (κ1) is 25.6. The van der Waals surface area contributed by atoms with Gasteiger partial charge in [-0.3, -0.25) is 9.59 Å². The van der Waals surface area contributed by atoms with Gasteiger partial charge in [0, 0.05) is 31.1 Å². The molecular weight excluding hydrogens is 490 g/mol. The SMILES string of the molecule is C[C@@H]1CN([C@@H](C)CO)C(=O)c2cc(NC(=O)C3CC3)ccc2O[C@H]1CN(C)S(=O)(=O)c1cccs1. The van der Waals surface area contributed by atoms with Crippen LogP contribution in [0.2, 0.25) is 0 Å². The Labute approximate surface area is 209 Å². The van der Waals surface area contributed by atoms with Crippen molar-refractivity contribution in [3.8, 4) is 5.75 Å². The maximum Gasteiger partial charge on any atom is 0.258 e. The van der Waals surface area contributed by atoms with E-state index in [2.05, 4.69) is 5.32 Å². The van der Waals surface area contributed by atoms with Crippen molar-refractivity contribution in [2.75, 3.05) is 32.1 Å². The third-order valence-electron chi connectivity index (χ3n) is 6.48. The van der Waals surface area contributed by atoms with Gasteiger partial charge in [0.25, 0.3) is 15.9 Å². The number of sulfonamides is 1. The van der Waals surface area contributed by atoms with Crippen molar-refractivity contribution in [3.05, 3.63) is 41.3 Å². The quantitative estimate of drug-likeness (QED) is 0.552. The number of carbonyl (C=O) groups excluding carboxylic acids is 2. The maximum atomic E-state index is 13.5. The number of likely N-dealkylation sites (N-methyl/N-ethyl adjacent to an activating group) is 1. The molecule has 1 aliphatic heterocycles. The lowest BCUT2D eigenvalue weighted by molar-refractivity contribution is -0.117. The van der Waals surface area contributed by atoms with Crippen LogP contribution in [0.4, 0.5) is 5.69 Å². The monoisotopic (exact) mass is 521 g/mol. The summed E-state index contributed by atoms with van der Waals surface area (Å²) in [4.78, 5) is 27.3. The summed E-state index contributed by atoms with van der Waals surface area (Å²) in [6, 6.07) is 7.71. The van der Waals surface area contributed by atoms with E-state index >= 15 is 0 Å². The van der Waals surface area contributed by atoms with E-state index in [-0.39, 0.29) is 53.1 Å². The van der Waals surface area contributed by atoms with E-state index in [1.807, 2.05) is 6.92 Å². The number of rotatable bonds is 8. The van der Waals surface area contributed by atoms with Crippen LogP contribution in [-0.2, 0) is 14.8 Å². The van der Waals surface area contributed by atoms with Gasteiger partial charge in [0.15, 0.2) is 0 Å². The minimum atomic E-state index is -3.68. The zero-order valence-corrected chi connectivity index (χ0v) is 21.6. The molecule has 3 atom stereocenters. The van der Waals surface area contributed by atoms with E-state index in [1.54, 1.807) is 47.5 Å². The minimum Gasteiger partial charge on any atom is -0.488 e. The van der Waals surface area contributed by atoms with Crippen LogP contribution in [0.1, 0.15) is 37.0 Å². The minimum absolute atomic E-state index is 0.0148. The number of fused-ring (bicyclic) bond motifs is 1. The van der Waals surface area contributed by atoms with Gasteiger partial charge >= 0.3 is 0 Å². The predicted octanol–water partition coefficient (Wildman–Crippen LogP) is 2.64. The Morgan fingerprint density at radius 3 is 2.71 bits per heavy atom. The lowest BCUT2D eigenvalue weighted by Crippen LogP contribution is -2.50. The maximum absolute atomic E-state index is 13.5. The first-order valence-corrected chi connectivity index (χ1v) is 14.0. The number of aliphatic hydroxyl groups is 1. The molecule has 2 aromatic rings. The van der Waals surface area contributed by atoms with Crippen LogP contribution in [0, 0.1) is 11.8 Å². The van der Waals surface area contributed by atoms with Crippen molar-refractivity contribution < 1.29 is 27.9 Å². The number of nitrogens with zero attached hydrogens (tertiary/aromatic N) is 2. The average Bonchev–Trinajstić information content (AvgIpc) is 3.54. The van der Waals surface area contributed by atoms with Crippen LogP contribution in [0.15, 0.2) is 39.9 Å². The van der Waals surface area contributed by atoms with E-state index in [4.69, 9.17) is 4.74 Å². The molecule has 2 N–H and O–H groups in total. The Morgan fingerprint density at radius 1 is 1.34 bits per heavy atom. The Bertz CT molecular complexity index is 1180. The summed E-state index contributed by atoms with van der Waals surface area (Å²) in [5.41, 5.74) is 0.760. The second-order valence-electron chi connectivity index (χ2n) is 9.31. The van der Waals surface area contributed by atoms with Gasteiger partial charge in [-0.05, 0) is 49.4 Å². The molecule has 2 heterocycles. The van der Waals surface area contributed by atoms with E-state index < -0.39 is 22.2 Å². The summed E-state index contributed by atoms with van der Waals surface area (Å²) < 4.78 is 33.8. The lowest BCUT2D eigenvalue weighted by atomic mass is 9.99. The lowest BCUT2D eigenvalue weighted by Gasteiger charge is -2.38. The van der Waals surface area contributed by atoms with Crippen LogP contribution in [0.3, 0.4) is 0 Å². The van der Waals surface area contributed by atoms with Crippen molar-refractivity contribution in [1.82, 2.24) is 9.21 Å². The summed E-state index contributed by atoms with van der Waals surface area (Å²) in [6.45, 7) is 3.79. The molecule has 11 heteroatoms. The molecule has 0 unspecified atom stereocenters. The number of carbonyl (C=O) groups is 2. The topological polar surface area (TPSA) is 116 Å². The standard InChI is InChI=1S/C24H31N3O6S2/c1-15-12-27(16(2)14-28)24(30)19-11-18(25-23(29)17-6-7-17)8-9-20(19)33-21(15)13-26(3)35(31,32)22-5-4-10-34-22/h4-5,8-11,15-17,21,28H,6-7,12-14H2,1-3H3,(H,25,29)/t15-,16+,21+/m1/s1. The number of anilines is 1. The van der Waals surface area contributed by atoms with Crippen LogP contribution >= 0.6 is 11.3 Å². The van der Waals surface area contributed by atoms with Gasteiger partial charge in [-0.15, -0.1) is 11.3 Å². The molecule has 0 bridgehead atoms. The number of nitrogens with one attached hydrogen (secondary N) is 1. The zero-order chi connectivity index (χ0) is 25.3. The first-order chi connectivity index (χ1) is 16.6. The van der Waals surface area contributed by atoms with Gasteiger partial charge in [0.1, 0.15) is 16.1 Å². The molecule has 0 radical (unpaired) electrons. The van der Waals surface area contributed by atoms with Crippen LogP contribution < -0.4 is 10.1 Å². The van der Waals surface area contributed by atoms with Gasteiger partial charge in [0.2, 0.25) is 5.91 Å². The van der Waals surface area contributed by atoms with Gasteiger partial charge in [-0.2, -0.15) is 4.31 Å². The van der Waals surface area contributed by atoms with E-state index in [9.17, 15) is 23.1 Å². The number of aliphatic hydroxyl groups excluding tert-OH is 1. The Morgan fingerprint density at radius 2 is 2.09 bits per heavy atom. The van der Waals surface area contributed by atoms with E-state index in [1.165, 1.54) is 11.4 Å². The largest absolute Gasteiger partial charge is 0.488 e. The van der Waals surface area contributed by atoms with Crippen LogP contribution in [0.25, 0.3) is 0 Å². The number of hydrogen-bond donors (Lipinski definition) is 2. The third-order valence-corrected chi connectivity index (χ3v) is 9.67. The fourth-order valence-electron chi connectivity index (χ4n) is 4.02. The molecule has 0 spiro atoms. The number of ether oxygens (including phenoxy) is 1. The average molecular weight is 522 g/mol. The molecule has 2 amide bonds. The normalized spacial score (nSPS) is 21.6. The molecule has 9 nitrogen and oxygen atoms in total. The van der Waals surface area contributed by atoms with Gasteiger partial charge in [0.05, 0.1) is 24.8 Å². The third kappa shape index (κ3) is 5.53. The molecule has 1 saturated carbocycles. The molecule has 1 aliphatic carbocycles. The molecule has 2 aliphatic rings. The highest BCUT2D eigenvalue weighted by Gasteiger charge is 2.36. The first-order valence-electron chi connectivity index (χ1n) is 11.6. The number of hydrogen-bond acceptors (Lipinski definition) is 7. The van der Waals surface area contributed by atoms with Crippen molar-refractivity contribution in [2.24, 2.45) is 11.8 Å². The predicted molar refractivity (Wildman–Crippen MR) is 133 cm³/mol. The fourth-order valence-corrected chi connectivity index (χ4v) is 6.41. The highest BCUT2D eigenvalue weighted by Crippen LogP contribution is 2.33. The van der Waals surface area contributed by atoms with E-state index in [0.717, 1.165) is 24.2 Å². The Balaban J connectivity index is 1.65. The summed E-state index contributed by atoms with van der Waals surface area (Å²) >= 11 is 1.15. The summed E-state index contributed by atoms with van der Waals surface area (Å²) in [5.74, 6) is -0.282. The van der Waals surface area contributed by atoms with Gasteiger partial charge in [-0.25, -0.2) is 8.42 Å². The molecule has 1 aromatic carbocycles. The van der Waals surface area contributed by atoms with E-state index in [0.29, 0.717) is 11.4 Å². The second-order valence-corrected chi connectivity index (χ2v) is 12.5. The second kappa shape index (κ2) is 10.3. The molecule has 35 heavy (non-hydrogen) atoms. The van der Waals surface area contributed by atoms with Crippen LogP contribution in [0.5, 0.6) is 5.75 Å². The zero-order valence-electron chi connectivity index (χ0n) is 20.0. The highest BCUT2D eigenvalue weighted by molar-refractivity contribution is 7.91. The summed E-state index contributed by atoms with van der Waals surface area (Å²) in [7, 11) is -2.17. The van der Waals surface area contributed by atoms with Crippen molar-refractivity contribution in [2.45, 2.75) is 43.0 Å².